The molecule has 5 atom stereocenters. The number of nitrogens with zero attached hydrogens (tertiary/aromatic N) is 3. The maximum atomic E-state index is 12.6. The lowest BCUT2D eigenvalue weighted by Gasteiger charge is -2.47. The van der Waals surface area contributed by atoms with Crippen LogP contribution in [0.5, 0.6) is 5.75 Å². The first-order valence-electron chi connectivity index (χ1n) is 17.0. The molecule has 0 amide bonds. The van der Waals surface area contributed by atoms with Gasteiger partial charge in [0.05, 0.1) is 31.1 Å². The van der Waals surface area contributed by atoms with Crippen LogP contribution >= 0.6 is 23.4 Å². The van der Waals surface area contributed by atoms with Crippen molar-refractivity contribution in [2.24, 2.45) is 17.8 Å². The van der Waals surface area contributed by atoms with Gasteiger partial charge in [0.1, 0.15) is 5.75 Å². The van der Waals surface area contributed by atoms with Crippen molar-refractivity contribution in [3.05, 3.63) is 88.2 Å². The number of ether oxygens (including phenoxy) is 3. The van der Waals surface area contributed by atoms with Crippen molar-refractivity contribution in [2.45, 2.75) is 68.0 Å². The molecule has 0 radical (unpaired) electrons. The van der Waals surface area contributed by atoms with Crippen molar-refractivity contribution < 1.29 is 19.0 Å². The van der Waals surface area contributed by atoms with Gasteiger partial charge in [-0.3, -0.25) is 0 Å². The highest BCUT2D eigenvalue weighted by molar-refractivity contribution is 7.99. The van der Waals surface area contributed by atoms with Gasteiger partial charge in [-0.05, 0) is 122 Å². The van der Waals surface area contributed by atoms with E-state index in [1.54, 1.807) is 11.8 Å². The molecule has 9 heteroatoms. The number of rotatable bonds is 9. The summed E-state index contributed by atoms with van der Waals surface area (Å²) in [5, 5.41) is 1.64. The Hall–Kier alpha value is -3.07. The number of anilines is 1. The fraction of sp³-hybridized carbons (Fsp3) is 0.500. The SMILES string of the molecule is COC(=O)c1ccc2c(c1)N(C[C@@H]1CC[C@H]1[C@@H](OC)C1=CC[C@@H](CSc3ncccn3)CC1)CC1(CCCc3cc(Cl)ccc31)CO2. The smallest absolute Gasteiger partial charge is 0.337 e. The first-order valence-corrected chi connectivity index (χ1v) is 18.3. The predicted octanol–water partition coefficient (Wildman–Crippen LogP) is 7.95. The Morgan fingerprint density at radius 3 is 2.74 bits per heavy atom. The molecule has 1 unspecified atom stereocenters. The molecule has 0 N–H and O–H groups in total. The molecule has 2 aromatic carbocycles. The van der Waals surface area contributed by atoms with Crippen LogP contribution in [-0.4, -0.2) is 61.7 Å². The highest BCUT2D eigenvalue weighted by Crippen LogP contribution is 2.48. The van der Waals surface area contributed by atoms with Gasteiger partial charge in [0.2, 0.25) is 0 Å². The third kappa shape index (κ3) is 6.79. The fourth-order valence-electron chi connectivity index (χ4n) is 8.33. The Kier molecular flexibility index (Phi) is 9.81. The van der Waals surface area contributed by atoms with Crippen LogP contribution in [0, 0.1) is 17.8 Å². The van der Waals surface area contributed by atoms with Crippen LogP contribution < -0.4 is 9.64 Å². The van der Waals surface area contributed by atoms with E-state index >= 15 is 0 Å². The van der Waals surface area contributed by atoms with Gasteiger partial charge in [-0.25, -0.2) is 14.8 Å². The number of methoxy groups -OCH3 is 2. The van der Waals surface area contributed by atoms with Gasteiger partial charge in [-0.2, -0.15) is 0 Å². The Balaban J connectivity index is 1.11. The number of thioether (sulfide) groups is 1. The van der Waals surface area contributed by atoms with Gasteiger partial charge < -0.3 is 19.1 Å². The van der Waals surface area contributed by atoms with Crippen molar-refractivity contribution >= 4 is 35.0 Å². The summed E-state index contributed by atoms with van der Waals surface area (Å²) in [6.07, 6.45) is 15.0. The Labute approximate surface area is 287 Å². The second-order valence-electron chi connectivity index (χ2n) is 13.7. The Morgan fingerprint density at radius 1 is 1.13 bits per heavy atom. The normalized spacial score (nSPS) is 25.8. The lowest BCUT2D eigenvalue weighted by molar-refractivity contribution is 0.00323. The van der Waals surface area contributed by atoms with Crippen LogP contribution in [-0.2, 0) is 21.3 Å². The number of fused-ring (bicyclic) bond motifs is 3. The van der Waals surface area contributed by atoms with Crippen molar-refractivity contribution in [1.29, 1.82) is 0 Å². The minimum Gasteiger partial charge on any atom is -0.490 e. The molecular formula is C38H44ClN3O4S. The third-order valence-electron chi connectivity index (χ3n) is 10.9. The molecule has 47 heavy (non-hydrogen) atoms. The number of aryl methyl sites for hydroxylation is 1. The molecule has 248 valence electrons. The highest BCUT2D eigenvalue weighted by Gasteiger charge is 2.45. The summed E-state index contributed by atoms with van der Waals surface area (Å²) >= 11 is 8.21. The van der Waals surface area contributed by atoms with Crippen LogP contribution in [0.15, 0.2) is 71.7 Å². The average molecular weight is 674 g/mol. The van der Waals surface area contributed by atoms with E-state index in [1.807, 2.05) is 49.8 Å². The number of hydrogen-bond acceptors (Lipinski definition) is 8. The van der Waals surface area contributed by atoms with E-state index < -0.39 is 0 Å². The molecule has 1 fully saturated rings. The zero-order valence-electron chi connectivity index (χ0n) is 27.3. The number of halogens is 1. The summed E-state index contributed by atoms with van der Waals surface area (Å²) in [5.74, 6) is 3.10. The maximum absolute atomic E-state index is 12.6. The second kappa shape index (κ2) is 14.2. The van der Waals surface area contributed by atoms with Gasteiger partial charge in [0.25, 0.3) is 0 Å². The molecule has 1 spiro atoms. The average Bonchev–Trinajstić information content (AvgIpc) is 3.25. The number of carbonyl (C=O) groups is 1. The van der Waals surface area contributed by atoms with Gasteiger partial charge in [-0.15, -0.1) is 0 Å². The molecule has 1 saturated carbocycles. The van der Waals surface area contributed by atoms with Gasteiger partial charge in [-0.1, -0.05) is 35.5 Å². The van der Waals surface area contributed by atoms with E-state index in [9.17, 15) is 4.79 Å². The van der Waals surface area contributed by atoms with Crippen molar-refractivity contribution in [3.8, 4) is 5.75 Å². The number of esters is 1. The van der Waals surface area contributed by atoms with E-state index in [2.05, 4.69) is 33.1 Å². The largest absolute Gasteiger partial charge is 0.490 e. The Bertz CT molecular complexity index is 1620. The molecule has 3 aliphatic carbocycles. The summed E-state index contributed by atoms with van der Waals surface area (Å²) in [4.78, 5) is 23.9. The number of hydrogen-bond donors (Lipinski definition) is 0. The van der Waals surface area contributed by atoms with Gasteiger partial charge in [0, 0.05) is 48.8 Å². The minimum atomic E-state index is -0.331. The molecule has 2 heterocycles. The van der Waals surface area contributed by atoms with Crippen LogP contribution in [0.3, 0.4) is 0 Å². The monoisotopic (exact) mass is 673 g/mol. The summed E-state index contributed by atoms with van der Waals surface area (Å²) in [6.45, 7) is 2.31. The van der Waals surface area contributed by atoms with Gasteiger partial charge >= 0.3 is 5.97 Å². The molecule has 4 aliphatic rings. The molecule has 7 nitrogen and oxygen atoms in total. The summed E-state index contributed by atoms with van der Waals surface area (Å²) in [5.41, 5.74) is 5.49. The first-order chi connectivity index (χ1) is 23.0. The molecule has 1 aromatic heterocycles. The first kappa shape index (κ1) is 32.5. The number of benzene rings is 2. The van der Waals surface area contributed by atoms with Crippen LogP contribution in [0.1, 0.15) is 66.4 Å². The van der Waals surface area contributed by atoms with E-state index in [1.165, 1.54) is 30.2 Å². The summed E-state index contributed by atoms with van der Waals surface area (Å²) in [7, 11) is 3.32. The van der Waals surface area contributed by atoms with E-state index in [0.717, 1.165) is 85.4 Å². The summed E-state index contributed by atoms with van der Waals surface area (Å²) in [6, 6.07) is 14.0. The quantitative estimate of drug-likeness (QED) is 0.0981. The maximum Gasteiger partial charge on any atom is 0.337 e. The molecular weight excluding hydrogens is 630 g/mol. The second-order valence-corrected chi connectivity index (χ2v) is 15.1. The van der Waals surface area contributed by atoms with Crippen molar-refractivity contribution in [3.63, 3.8) is 0 Å². The number of allylic oxidation sites excluding steroid dienone is 1. The molecule has 0 bridgehead atoms. The molecule has 7 rings (SSSR count). The van der Waals surface area contributed by atoms with E-state index in [0.29, 0.717) is 29.9 Å². The number of carbonyl (C=O) groups excluding carboxylic acids is 1. The molecule has 1 aliphatic heterocycles. The van der Waals surface area contributed by atoms with Crippen molar-refractivity contribution in [2.75, 3.05) is 44.6 Å². The third-order valence-corrected chi connectivity index (χ3v) is 12.3. The van der Waals surface area contributed by atoms with Gasteiger partial charge in [0.15, 0.2) is 5.16 Å². The molecule has 0 saturated heterocycles. The van der Waals surface area contributed by atoms with E-state index in [-0.39, 0.29) is 17.5 Å². The topological polar surface area (TPSA) is 73.8 Å². The van der Waals surface area contributed by atoms with Crippen LogP contribution in [0.25, 0.3) is 0 Å². The zero-order chi connectivity index (χ0) is 32.4. The minimum absolute atomic E-state index is 0.135. The predicted molar refractivity (Wildman–Crippen MR) is 187 cm³/mol. The fourth-order valence-corrected chi connectivity index (χ4v) is 9.49. The highest BCUT2D eigenvalue weighted by atomic mass is 35.5. The lowest BCUT2D eigenvalue weighted by atomic mass is 9.66. The summed E-state index contributed by atoms with van der Waals surface area (Å²) < 4.78 is 18.0. The lowest BCUT2D eigenvalue weighted by Crippen LogP contribution is -2.50. The zero-order valence-corrected chi connectivity index (χ0v) is 28.9. The van der Waals surface area contributed by atoms with Crippen molar-refractivity contribution in [1.82, 2.24) is 9.97 Å². The van der Waals surface area contributed by atoms with Crippen LogP contribution in [0.2, 0.25) is 5.02 Å². The van der Waals surface area contributed by atoms with E-state index in [4.69, 9.17) is 25.8 Å². The number of aromatic nitrogens is 2. The molecule has 3 aromatic rings. The Morgan fingerprint density at radius 2 is 2.00 bits per heavy atom. The standard InChI is InChI=1S/C38H44ClN3O4S/c1-44-35(26-8-6-25(7-9-26)22-47-37-40-17-4-18-41-37)31-13-10-29(31)21-42-23-38(16-3-5-27-19-30(39)12-14-32(27)38)24-46-34-15-11-28(20-33(34)42)36(43)45-2/h4,8,11-12,14-15,17-20,25,29,31,35H,3,5-7,9-10,13,16,21-24H2,1-2H3/t25-,29+,31-,35+,38?/m1/s1. The van der Waals surface area contributed by atoms with Crippen LogP contribution in [0.4, 0.5) is 5.69 Å².